The van der Waals surface area contributed by atoms with Crippen molar-refractivity contribution in [1.82, 2.24) is 20.4 Å². The lowest BCUT2D eigenvalue weighted by Gasteiger charge is -2.30. The van der Waals surface area contributed by atoms with E-state index in [4.69, 9.17) is 10.7 Å². The third kappa shape index (κ3) is 8.78. The van der Waals surface area contributed by atoms with Crippen LogP contribution in [-0.2, 0) is 4.79 Å². The van der Waals surface area contributed by atoms with Gasteiger partial charge >= 0.3 is 0 Å². The molecule has 7 nitrogen and oxygen atoms in total. The van der Waals surface area contributed by atoms with Crippen LogP contribution in [0.4, 0.5) is 0 Å². The van der Waals surface area contributed by atoms with E-state index in [1.807, 2.05) is 0 Å². The molecule has 0 saturated carbocycles. The molecule has 0 aromatic heterocycles. The first kappa shape index (κ1) is 22.9. The van der Waals surface area contributed by atoms with Gasteiger partial charge in [0.25, 0.3) is 0 Å². The summed E-state index contributed by atoms with van der Waals surface area (Å²) in [7, 11) is 0. The minimum Gasteiger partial charge on any atom is -0.369 e. The van der Waals surface area contributed by atoms with Gasteiger partial charge in [0.15, 0.2) is 5.96 Å². The molecule has 2 fully saturated rings. The maximum absolute atomic E-state index is 11.4. The van der Waals surface area contributed by atoms with Crippen LogP contribution in [0.5, 0.6) is 0 Å². The SMILES string of the molecule is CCNC(=NCCCN1CCCC(C(N)=O)C1)NCCCN1CCC(C)CC1. The molecule has 1 unspecified atom stereocenters. The van der Waals surface area contributed by atoms with Crippen molar-refractivity contribution in [2.75, 3.05) is 58.9 Å². The Hall–Kier alpha value is -1.34. The number of nitrogens with two attached hydrogens (primary N) is 1. The van der Waals surface area contributed by atoms with E-state index in [1.165, 1.54) is 32.5 Å². The molecule has 0 spiro atoms. The van der Waals surface area contributed by atoms with Gasteiger partial charge in [0, 0.05) is 26.2 Å². The Morgan fingerprint density at radius 3 is 2.54 bits per heavy atom. The number of likely N-dealkylation sites (tertiary alicyclic amines) is 2. The van der Waals surface area contributed by atoms with Crippen LogP contribution in [0.3, 0.4) is 0 Å². The summed E-state index contributed by atoms with van der Waals surface area (Å²) in [6.07, 6.45) is 6.85. The van der Waals surface area contributed by atoms with Crippen molar-refractivity contribution in [1.29, 1.82) is 0 Å². The lowest BCUT2D eigenvalue weighted by Crippen LogP contribution is -2.41. The number of aliphatic imine (C=N–C) groups is 1. The Labute approximate surface area is 171 Å². The van der Waals surface area contributed by atoms with Crippen molar-refractivity contribution in [2.45, 2.75) is 52.4 Å². The molecule has 1 amide bonds. The van der Waals surface area contributed by atoms with Gasteiger partial charge in [0.1, 0.15) is 0 Å². The second-order valence-electron chi connectivity index (χ2n) is 8.46. The number of hydrogen-bond acceptors (Lipinski definition) is 4. The van der Waals surface area contributed by atoms with Crippen LogP contribution in [0.15, 0.2) is 4.99 Å². The maximum atomic E-state index is 11.4. The zero-order chi connectivity index (χ0) is 20.2. The number of piperidine rings is 2. The van der Waals surface area contributed by atoms with E-state index in [1.54, 1.807) is 0 Å². The minimum absolute atomic E-state index is 0.0272. The Morgan fingerprint density at radius 1 is 1.07 bits per heavy atom. The summed E-state index contributed by atoms with van der Waals surface area (Å²) in [6, 6.07) is 0. The molecule has 2 saturated heterocycles. The van der Waals surface area contributed by atoms with Crippen LogP contribution in [0.25, 0.3) is 0 Å². The number of rotatable bonds is 10. The fraction of sp³-hybridized carbons (Fsp3) is 0.905. The zero-order valence-electron chi connectivity index (χ0n) is 18.1. The highest BCUT2D eigenvalue weighted by molar-refractivity contribution is 5.79. The molecular weight excluding hydrogens is 352 g/mol. The summed E-state index contributed by atoms with van der Waals surface area (Å²) >= 11 is 0. The average molecular weight is 395 g/mol. The smallest absolute Gasteiger partial charge is 0.221 e. The van der Waals surface area contributed by atoms with E-state index in [-0.39, 0.29) is 11.8 Å². The van der Waals surface area contributed by atoms with Crippen LogP contribution in [-0.4, -0.2) is 80.6 Å². The standard InChI is InChI=1S/C21H42N6O/c1-3-23-21(24-10-5-13-26-15-8-18(2)9-16-26)25-11-6-14-27-12-4-7-19(17-27)20(22)28/h18-19H,3-17H2,1-2H3,(H2,22,28)(H2,23,24,25). The van der Waals surface area contributed by atoms with E-state index < -0.39 is 0 Å². The molecule has 2 aliphatic heterocycles. The number of carbonyl (C=O) groups excluding carboxylic acids is 1. The number of primary amides is 1. The first-order chi connectivity index (χ1) is 13.6. The van der Waals surface area contributed by atoms with Gasteiger partial charge in [-0.15, -0.1) is 0 Å². The predicted molar refractivity (Wildman–Crippen MR) is 116 cm³/mol. The molecule has 1 atom stereocenters. The molecule has 4 N–H and O–H groups in total. The lowest BCUT2D eigenvalue weighted by atomic mass is 9.97. The van der Waals surface area contributed by atoms with Crippen molar-refractivity contribution >= 4 is 11.9 Å². The van der Waals surface area contributed by atoms with Gasteiger partial charge in [-0.2, -0.15) is 0 Å². The van der Waals surface area contributed by atoms with E-state index in [2.05, 4.69) is 34.3 Å². The summed E-state index contributed by atoms with van der Waals surface area (Å²) in [6.45, 7) is 13.7. The van der Waals surface area contributed by atoms with Gasteiger partial charge in [0.05, 0.1) is 5.92 Å². The molecule has 7 heteroatoms. The second-order valence-corrected chi connectivity index (χ2v) is 8.46. The monoisotopic (exact) mass is 394 g/mol. The Balaban J connectivity index is 1.59. The molecule has 2 heterocycles. The Morgan fingerprint density at radius 2 is 1.82 bits per heavy atom. The number of nitrogens with one attached hydrogen (secondary N) is 2. The molecule has 0 aromatic rings. The molecular formula is C21H42N6O. The largest absolute Gasteiger partial charge is 0.369 e. The number of carbonyl (C=O) groups is 1. The first-order valence-corrected chi connectivity index (χ1v) is 11.3. The first-order valence-electron chi connectivity index (χ1n) is 11.3. The van der Waals surface area contributed by atoms with Gasteiger partial charge < -0.3 is 26.2 Å². The predicted octanol–water partition coefficient (Wildman–Crippen LogP) is 1.25. The second kappa shape index (κ2) is 13.0. The molecule has 0 bridgehead atoms. The average Bonchev–Trinajstić information content (AvgIpc) is 2.70. The van der Waals surface area contributed by atoms with E-state index >= 15 is 0 Å². The van der Waals surface area contributed by atoms with Gasteiger partial charge in [0.2, 0.25) is 5.91 Å². The van der Waals surface area contributed by atoms with Crippen molar-refractivity contribution < 1.29 is 4.79 Å². The molecule has 0 aliphatic carbocycles. The van der Waals surface area contributed by atoms with E-state index in [0.717, 1.165) is 76.8 Å². The number of nitrogens with zero attached hydrogens (tertiary/aromatic N) is 3. The highest BCUT2D eigenvalue weighted by Crippen LogP contribution is 2.16. The summed E-state index contributed by atoms with van der Waals surface area (Å²) < 4.78 is 0. The summed E-state index contributed by atoms with van der Waals surface area (Å²) in [5.41, 5.74) is 5.46. The fourth-order valence-corrected chi connectivity index (χ4v) is 4.11. The molecule has 2 aliphatic rings. The van der Waals surface area contributed by atoms with E-state index in [0.29, 0.717) is 0 Å². The third-order valence-corrected chi connectivity index (χ3v) is 5.97. The van der Waals surface area contributed by atoms with Crippen molar-refractivity contribution in [2.24, 2.45) is 22.6 Å². The highest BCUT2D eigenvalue weighted by atomic mass is 16.1. The van der Waals surface area contributed by atoms with Crippen LogP contribution in [0, 0.1) is 11.8 Å². The normalized spacial score (nSPS) is 22.9. The molecule has 2 rings (SSSR count). The molecule has 0 radical (unpaired) electrons. The molecule has 0 aromatic carbocycles. The quantitative estimate of drug-likeness (QED) is 0.295. The van der Waals surface area contributed by atoms with Crippen molar-refractivity contribution in [3.63, 3.8) is 0 Å². The van der Waals surface area contributed by atoms with E-state index in [9.17, 15) is 4.79 Å². The maximum Gasteiger partial charge on any atom is 0.221 e. The summed E-state index contributed by atoms with van der Waals surface area (Å²) in [5, 5.41) is 6.80. The Kier molecular flexibility index (Phi) is 10.6. The third-order valence-electron chi connectivity index (χ3n) is 5.97. The summed E-state index contributed by atoms with van der Waals surface area (Å²) in [5.74, 6) is 1.69. The van der Waals surface area contributed by atoms with Crippen LogP contribution < -0.4 is 16.4 Å². The van der Waals surface area contributed by atoms with Crippen molar-refractivity contribution in [3.8, 4) is 0 Å². The molecule has 28 heavy (non-hydrogen) atoms. The topological polar surface area (TPSA) is 86.0 Å². The van der Waals surface area contributed by atoms with Gasteiger partial charge in [-0.25, -0.2) is 0 Å². The van der Waals surface area contributed by atoms with Crippen molar-refractivity contribution in [3.05, 3.63) is 0 Å². The number of guanidine groups is 1. The lowest BCUT2D eigenvalue weighted by molar-refractivity contribution is -0.123. The van der Waals surface area contributed by atoms with Gasteiger partial charge in [-0.1, -0.05) is 6.92 Å². The van der Waals surface area contributed by atoms with Crippen LogP contribution >= 0.6 is 0 Å². The van der Waals surface area contributed by atoms with Gasteiger partial charge in [-0.05, 0) is 84.1 Å². The minimum atomic E-state index is -0.152. The van der Waals surface area contributed by atoms with Crippen LogP contribution in [0.2, 0.25) is 0 Å². The van der Waals surface area contributed by atoms with Crippen LogP contribution in [0.1, 0.15) is 52.4 Å². The van der Waals surface area contributed by atoms with Gasteiger partial charge in [-0.3, -0.25) is 9.79 Å². The summed E-state index contributed by atoms with van der Waals surface area (Å²) in [4.78, 5) is 21.0. The number of hydrogen-bond donors (Lipinski definition) is 3. The zero-order valence-corrected chi connectivity index (χ0v) is 18.1. The highest BCUT2D eigenvalue weighted by Gasteiger charge is 2.23. The number of amides is 1. The Bertz CT molecular complexity index is 476. The fourth-order valence-electron chi connectivity index (χ4n) is 4.11. The molecule has 162 valence electrons.